The number of Topliss-reactive ketones (excluding diaryl/α,β-unsaturated/α-hetero) is 1. The lowest BCUT2D eigenvalue weighted by atomic mass is 10.1. The molecular weight excluding hydrogens is 387 g/mol. The normalized spacial score (nSPS) is 13.9. The Morgan fingerprint density at radius 1 is 0.933 bits per heavy atom. The van der Waals surface area contributed by atoms with Crippen LogP contribution in [0, 0.1) is 19.7 Å². The Labute approximate surface area is 175 Å². The van der Waals surface area contributed by atoms with Crippen LogP contribution in [0.15, 0.2) is 36.4 Å². The highest BCUT2D eigenvalue weighted by Crippen LogP contribution is 2.22. The standard InChI is InChI=1S/C23H25FN2O4/c1-15-10-16(2)12-19(11-15)23(29)30-14-22(28)26-8-6-25(7-9-26)21-5-4-18(17(3)27)13-20(21)24/h4-5,10-13H,6-9,14H2,1-3H3. The fourth-order valence-corrected chi connectivity index (χ4v) is 3.57. The summed E-state index contributed by atoms with van der Waals surface area (Å²) in [5.74, 6) is -1.45. The van der Waals surface area contributed by atoms with E-state index in [1.54, 1.807) is 29.2 Å². The maximum atomic E-state index is 14.3. The van der Waals surface area contributed by atoms with Crippen molar-refractivity contribution in [3.63, 3.8) is 0 Å². The molecule has 1 aliphatic rings. The molecule has 2 aromatic rings. The van der Waals surface area contributed by atoms with Crippen molar-refractivity contribution < 1.29 is 23.5 Å². The summed E-state index contributed by atoms with van der Waals surface area (Å²) in [6, 6.07) is 9.84. The molecule has 0 aromatic heterocycles. The van der Waals surface area contributed by atoms with Gasteiger partial charge in [0, 0.05) is 31.7 Å². The van der Waals surface area contributed by atoms with Gasteiger partial charge in [-0.05, 0) is 51.1 Å². The summed E-state index contributed by atoms with van der Waals surface area (Å²) in [5.41, 5.74) is 3.07. The Hall–Kier alpha value is -3.22. The van der Waals surface area contributed by atoms with Crippen LogP contribution >= 0.6 is 0 Å². The van der Waals surface area contributed by atoms with E-state index in [0.717, 1.165) is 11.1 Å². The number of carbonyl (C=O) groups is 3. The van der Waals surface area contributed by atoms with Crippen LogP contribution < -0.4 is 4.90 Å². The molecule has 0 unspecified atom stereocenters. The number of ketones is 1. The minimum absolute atomic E-state index is 0.189. The number of hydrogen-bond acceptors (Lipinski definition) is 5. The Morgan fingerprint density at radius 3 is 2.13 bits per heavy atom. The summed E-state index contributed by atoms with van der Waals surface area (Å²) in [5, 5.41) is 0. The molecule has 0 bridgehead atoms. The maximum absolute atomic E-state index is 14.3. The highest BCUT2D eigenvalue weighted by atomic mass is 19.1. The lowest BCUT2D eigenvalue weighted by Gasteiger charge is -2.36. The van der Waals surface area contributed by atoms with Crippen LogP contribution in [0.25, 0.3) is 0 Å². The number of anilines is 1. The first-order valence-electron chi connectivity index (χ1n) is 9.83. The van der Waals surface area contributed by atoms with Gasteiger partial charge in [0.2, 0.25) is 0 Å². The molecule has 0 saturated carbocycles. The number of ether oxygens (including phenoxy) is 1. The third-order valence-electron chi connectivity index (χ3n) is 5.11. The molecular formula is C23H25FN2O4. The van der Waals surface area contributed by atoms with Gasteiger partial charge in [0.1, 0.15) is 5.82 Å². The molecule has 0 spiro atoms. The van der Waals surface area contributed by atoms with E-state index in [2.05, 4.69) is 0 Å². The molecule has 0 aliphatic carbocycles. The number of amides is 1. The minimum Gasteiger partial charge on any atom is -0.452 e. The van der Waals surface area contributed by atoms with Gasteiger partial charge < -0.3 is 14.5 Å². The van der Waals surface area contributed by atoms with Crippen LogP contribution in [0.1, 0.15) is 38.8 Å². The fraction of sp³-hybridized carbons (Fsp3) is 0.348. The zero-order valence-corrected chi connectivity index (χ0v) is 17.4. The van der Waals surface area contributed by atoms with E-state index in [4.69, 9.17) is 4.74 Å². The second-order valence-electron chi connectivity index (χ2n) is 7.54. The monoisotopic (exact) mass is 412 g/mol. The molecule has 0 radical (unpaired) electrons. The van der Waals surface area contributed by atoms with Gasteiger partial charge in [-0.15, -0.1) is 0 Å². The quantitative estimate of drug-likeness (QED) is 0.558. The Kier molecular flexibility index (Phi) is 6.50. The number of piperazine rings is 1. The predicted molar refractivity (Wildman–Crippen MR) is 111 cm³/mol. The molecule has 3 rings (SSSR count). The largest absolute Gasteiger partial charge is 0.452 e. The zero-order valence-electron chi connectivity index (χ0n) is 17.4. The van der Waals surface area contributed by atoms with Crippen molar-refractivity contribution in [1.82, 2.24) is 4.90 Å². The maximum Gasteiger partial charge on any atom is 0.338 e. The van der Waals surface area contributed by atoms with Gasteiger partial charge in [0.15, 0.2) is 12.4 Å². The van der Waals surface area contributed by atoms with Gasteiger partial charge in [-0.3, -0.25) is 9.59 Å². The molecule has 6 nitrogen and oxygen atoms in total. The van der Waals surface area contributed by atoms with Crippen LogP contribution in [0.2, 0.25) is 0 Å². The highest BCUT2D eigenvalue weighted by molar-refractivity contribution is 5.94. The van der Waals surface area contributed by atoms with E-state index < -0.39 is 11.8 Å². The van der Waals surface area contributed by atoms with Gasteiger partial charge in [-0.2, -0.15) is 0 Å². The van der Waals surface area contributed by atoms with Crippen LogP contribution in [0.4, 0.5) is 10.1 Å². The van der Waals surface area contributed by atoms with Gasteiger partial charge in [0.25, 0.3) is 5.91 Å². The lowest BCUT2D eigenvalue weighted by Crippen LogP contribution is -2.50. The second-order valence-corrected chi connectivity index (χ2v) is 7.54. The molecule has 158 valence electrons. The number of halogens is 1. The third-order valence-corrected chi connectivity index (χ3v) is 5.11. The van der Waals surface area contributed by atoms with Crippen molar-refractivity contribution in [2.75, 3.05) is 37.7 Å². The number of esters is 1. The average molecular weight is 412 g/mol. The first-order chi connectivity index (χ1) is 14.2. The third kappa shape index (κ3) is 5.03. The van der Waals surface area contributed by atoms with E-state index >= 15 is 0 Å². The predicted octanol–water partition coefficient (Wildman–Crippen LogP) is 3.15. The minimum atomic E-state index is -0.526. The van der Waals surface area contributed by atoms with Gasteiger partial charge in [0.05, 0.1) is 11.3 Å². The molecule has 1 aliphatic heterocycles. The van der Waals surface area contributed by atoms with Crippen molar-refractivity contribution >= 4 is 23.3 Å². The topological polar surface area (TPSA) is 66.9 Å². The number of nitrogens with zero attached hydrogens (tertiary/aromatic N) is 2. The Morgan fingerprint density at radius 2 is 1.57 bits per heavy atom. The Bertz CT molecular complexity index is 961. The van der Waals surface area contributed by atoms with E-state index in [1.807, 2.05) is 24.8 Å². The summed E-state index contributed by atoms with van der Waals surface area (Å²) in [7, 11) is 0. The number of rotatable bonds is 5. The highest BCUT2D eigenvalue weighted by Gasteiger charge is 2.24. The van der Waals surface area contributed by atoms with Gasteiger partial charge in [-0.1, -0.05) is 17.2 Å². The number of aryl methyl sites for hydroxylation is 2. The van der Waals surface area contributed by atoms with Crippen LogP contribution in [-0.4, -0.2) is 55.3 Å². The van der Waals surface area contributed by atoms with Crippen molar-refractivity contribution in [1.29, 1.82) is 0 Å². The molecule has 0 N–H and O–H groups in total. The van der Waals surface area contributed by atoms with Gasteiger partial charge >= 0.3 is 5.97 Å². The van der Waals surface area contributed by atoms with Crippen molar-refractivity contribution in [3.8, 4) is 0 Å². The summed E-state index contributed by atoms with van der Waals surface area (Å²) in [4.78, 5) is 39.5. The lowest BCUT2D eigenvalue weighted by molar-refractivity contribution is -0.134. The molecule has 0 atom stereocenters. The van der Waals surface area contributed by atoms with Crippen LogP contribution in [0.3, 0.4) is 0 Å². The Balaban J connectivity index is 1.53. The zero-order chi connectivity index (χ0) is 21.8. The average Bonchev–Trinajstić information content (AvgIpc) is 2.71. The van der Waals surface area contributed by atoms with E-state index in [0.29, 0.717) is 43.0 Å². The summed E-state index contributed by atoms with van der Waals surface area (Å²) in [6.45, 7) is 6.55. The fourth-order valence-electron chi connectivity index (χ4n) is 3.57. The second kappa shape index (κ2) is 9.07. The van der Waals surface area contributed by atoms with Crippen molar-refractivity contribution in [2.45, 2.75) is 20.8 Å². The summed E-state index contributed by atoms with van der Waals surface area (Å²) < 4.78 is 19.5. The number of carbonyl (C=O) groups excluding carboxylic acids is 3. The molecule has 1 amide bonds. The molecule has 2 aromatic carbocycles. The molecule has 1 fully saturated rings. The molecule has 1 saturated heterocycles. The number of hydrogen-bond donors (Lipinski definition) is 0. The molecule has 1 heterocycles. The molecule has 7 heteroatoms. The van der Waals surface area contributed by atoms with E-state index in [9.17, 15) is 18.8 Å². The number of benzene rings is 2. The van der Waals surface area contributed by atoms with E-state index in [-0.39, 0.29) is 18.3 Å². The van der Waals surface area contributed by atoms with E-state index in [1.165, 1.54) is 13.0 Å². The smallest absolute Gasteiger partial charge is 0.338 e. The van der Waals surface area contributed by atoms with Crippen molar-refractivity contribution in [2.24, 2.45) is 0 Å². The van der Waals surface area contributed by atoms with Gasteiger partial charge in [-0.25, -0.2) is 9.18 Å². The molecule has 30 heavy (non-hydrogen) atoms. The van der Waals surface area contributed by atoms with Crippen LogP contribution in [0.5, 0.6) is 0 Å². The first-order valence-corrected chi connectivity index (χ1v) is 9.83. The summed E-state index contributed by atoms with van der Waals surface area (Å²) >= 11 is 0. The SMILES string of the molecule is CC(=O)c1ccc(N2CCN(C(=O)COC(=O)c3cc(C)cc(C)c3)CC2)c(F)c1. The van der Waals surface area contributed by atoms with Crippen molar-refractivity contribution in [3.05, 3.63) is 64.5 Å². The first kappa shape index (κ1) is 21.5. The summed E-state index contributed by atoms with van der Waals surface area (Å²) in [6.07, 6.45) is 0. The van der Waals surface area contributed by atoms with Crippen LogP contribution in [-0.2, 0) is 9.53 Å².